The summed E-state index contributed by atoms with van der Waals surface area (Å²) in [4.78, 5) is 26.2. The summed E-state index contributed by atoms with van der Waals surface area (Å²) in [5, 5.41) is 7.38. The van der Waals surface area contributed by atoms with Crippen LogP contribution in [0, 0.1) is 0 Å². The molecule has 35 heavy (non-hydrogen) atoms. The van der Waals surface area contributed by atoms with Crippen molar-refractivity contribution in [3.63, 3.8) is 0 Å². The number of carbonyl (C=O) groups excluding carboxylic acids is 2. The summed E-state index contributed by atoms with van der Waals surface area (Å²) < 4.78 is 34.4. The van der Waals surface area contributed by atoms with Crippen molar-refractivity contribution in [1.82, 2.24) is 15.1 Å². The average Bonchev–Trinajstić information content (AvgIpc) is 3.35. The van der Waals surface area contributed by atoms with Crippen molar-refractivity contribution in [3.05, 3.63) is 35.7 Å². The van der Waals surface area contributed by atoms with Gasteiger partial charge in [0.2, 0.25) is 15.7 Å². The number of hydrogen-bond donors (Lipinski definition) is 1. The Morgan fingerprint density at radius 3 is 2.34 bits per heavy atom. The fourth-order valence-corrected chi connectivity index (χ4v) is 6.01. The second-order valence-corrected chi connectivity index (χ2v) is 11.7. The molecule has 3 rings (SSSR count). The fraction of sp³-hybridized carbons (Fsp3) is 0.560. The van der Waals surface area contributed by atoms with Crippen LogP contribution in [-0.2, 0) is 38.8 Å². The summed E-state index contributed by atoms with van der Waals surface area (Å²) >= 11 is 0. The zero-order valence-electron chi connectivity index (χ0n) is 21.4. The number of nitrogens with zero attached hydrogens (tertiary/aromatic N) is 3. The number of alkyl carbamates (subject to hydrolysis) is 1. The molecule has 0 unspecified atom stereocenters. The molecule has 0 bridgehead atoms. The molecule has 0 aliphatic carbocycles. The molecule has 1 atom stereocenters. The molecule has 1 fully saturated rings. The minimum atomic E-state index is -3.84. The third-order valence-corrected chi connectivity index (χ3v) is 7.66. The van der Waals surface area contributed by atoms with Crippen LogP contribution in [0.3, 0.4) is 0 Å². The fourth-order valence-electron chi connectivity index (χ4n) is 4.23. The smallest absolute Gasteiger partial charge is 0.407 e. The van der Waals surface area contributed by atoms with Crippen LogP contribution in [0.25, 0.3) is 0 Å². The predicted octanol–water partition coefficient (Wildman–Crippen LogP) is 3.88. The van der Waals surface area contributed by atoms with Crippen molar-refractivity contribution in [3.8, 4) is 0 Å². The highest BCUT2D eigenvalue weighted by Gasteiger charge is 2.30. The van der Waals surface area contributed by atoms with Gasteiger partial charge in [0.15, 0.2) is 0 Å². The zero-order chi connectivity index (χ0) is 26.0. The van der Waals surface area contributed by atoms with Gasteiger partial charge in [0, 0.05) is 24.7 Å². The summed E-state index contributed by atoms with van der Waals surface area (Å²) in [6.45, 7) is 11.9. The number of carbonyl (C=O) groups is 2. The Morgan fingerprint density at radius 2 is 1.83 bits per heavy atom. The average molecular weight is 505 g/mol. The quantitative estimate of drug-likeness (QED) is 0.584. The van der Waals surface area contributed by atoms with Gasteiger partial charge in [0.25, 0.3) is 0 Å². The number of amides is 2. The number of benzene rings is 1. The number of ether oxygens (including phenoxy) is 1. The second-order valence-electron chi connectivity index (χ2n) is 9.81. The van der Waals surface area contributed by atoms with Gasteiger partial charge < -0.3 is 15.0 Å². The third-order valence-electron chi connectivity index (χ3n) is 5.76. The Bertz CT molecular complexity index is 1180. The second kappa shape index (κ2) is 10.4. The summed E-state index contributed by atoms with van der Waals surface area (Å²) in [7, 11) is -3.84. The number of aromatic nitrogens is 2. The largest absolute Gasteiger partial charge is 0.444 e. The maximum atomic E-state index is 13.7. The van der Waals surface area contributed by atoms with E-state index in [4.69, 9.17) is 4.74 Å². The van der Waals surface area contributed by atoms with Gasteiger partial charge in [0.1, 0.15) is 10.5 Å². The lowest BCUT2D eigenvalue weighted by Gasteiger charge is -2.22. The standard InChI is InChI=1S/C25H36N4O5S/c1-7-20-23(21(8-2)29(27-20)16-17(3)26-24(31)34-25(4,5)6)35(32,33)19-13-11-18(12-14-19)28-15-9-10-22(28)30/h11-14,17H,7-10,15-16H2,1-6H3,(H,26,31)/t17-/m0/s1. The highest BCUT2D eigenvalue weighted by Crippen LogP contribution is 2.31. The molecule has 2 heterocycles. The molecule has 2 amide bonds. The summed E-state index contributed by atoms with van der Waals surface area (Å²) in [6, 6.07) is 6.15. The van der Waals surface area contributed by atoms with Gasteiger partial charge in [-0.15, -0.1) is 0 Å². The molecule has 1 saturated heterocycles. The molecule has 1 aliphatic rings. The van der Waals surface area contributed by atoms with Crippen LogP contribution in [0.15, 0.2) is 34.1 Å². The van der Waals surface area contributed by atoms with Gasteiger partial charge in [-0.25, -0.2) is 13.2 Å². The van der Waals surface area contributed by atoms with E-state index in [1.54, 1.807) is 54.6 Å². The molecule has 192 valence electrons. The van der Waals surface area contributed by atoms with E-state index < -0.39 is 21.5 Å². The molecular weight excluding hydrogens is 468 g/mol. The summed E-state index contributed by atoms with van der Waals surface area (Å²) in [5.41, 5.74) is 1.18. The minimum absolute atomic E-state index is 0.0533. The number of nitrogens with one attached hydrogen (secondary N) is 1. The third kappa shape index (κ3) is 6.04. The highest BCUT2D eigenvalue weighted by atomic mass is 32.2. The maximum absolute atomic E-state index is 13.7. The van der Waals surface area contributed by atoms with Gasteiger partial charge in [-0.2, -0.15) is 5.10 Å². The Hall–Kier alpha value is -2.88. The van der Waals surface area contributed by atoms with Gasteiger partial charge in [-0.3, -0.25) is 9.48 Å². The Kier molecular flexibility index (Phi) is 7.93. The number of sulfone groups is 1. The van der Waals surface area contributed by atoms with E-state index in [1.807, 2.05) is 20.8 Å². The molecule has 1 N–H and O–H groups in total. The van der Waals surface area contributed by atoms with Gasteiger partial charge in [-0.05, 0) is 71.2 Å². The maximum Gasteiger partial charge on any atom is 0.407 e. The highest BCUT2D eigenvalue weighted by molar-refractivity contribution is 7.91. The summed E-state index contributed by atoms with van der Waals surface area (Å²) in [5.74, 6) is 0.0533. The van der Waals surface area contributed by atoms with Gasteiger partial charge >= 0.3 is 6.09 Å². The minimum Gasteiger partial charge on any atom is -0.444 e. The molecule has 1 aromatic carbocycles. The van der Waals surface area contributed by atoms with Crippen LogP contribution >= 0.6 is 0 Å². The van der Waals surface area contributed by atoms with Crippen LogP contribution in [0.2, 0.25) is 0 Å². The first-order chi connectivity index (χ1) is 16.4. The molecule has 1 aromatic heterocycles. The Balaban J connectivity index is 1.88. The monoisotopic (exact) mass is 504 g/mol. The van der Waals surface area contributed by atoms with Crippen molar-refractivity contribution in [1.29, 1.82) is 0 Å². The SMILES string of the molecule is CCc1nn(C[C@H](C)NC(=O)OC(C)(C)C)c(CC)c1S(=O)(=O)c1ccc(N2CCCC2=O)cc1. The molecule has 2 aromatic rings. The first-order valence-corrected chi connectivity index (χ1v) is 13.6. The number of rotatable bonds is 8. The van der Waals surface area contributed by atoms with Crippen LogP contribution in [0.5, 0.6) is 0 Å². The number of hydrogen-bond acceptors (Lipinski definition) is 6. The molecule has 0 radical (unpaired) electrons. The van der Waals surface area contributed by atoms with Crippen molar-refractivity contribution >= 4 is 27.5 Å². The van der Waals surface area contributed by atoms with E-state index in [9.17, 15) is 18.0 Å². The predicted molar refractivity (Wildman–Crippen MR) is 133 cm³/mol. The molecular formula is C25H36N4O5S. The van der Waals surface area contributed by atoms with Crippen molar-refractivity contribution in [2.45, 2.75) is 95.2 Å². The van der Waals surface area contributed by atoms with Crippen LogP contribution in [0.1, 0.15) is 65.8 Å². The normalized spacial score (nSPS) is 15.4. The van der Waals surface area contributed by atoms with Crippen molar-refractivity contribution in [2.24, 2.45) is 0 Å². The number of anilines is 1. The van der Waals surface area contributed by atoms with Crippen LogP contribution < -0.4 is 10.2 Å². The lowest BCUT2D eigenvalue weighted by atomic mass is 10.2. The Morgan fingerprint density at radius 1 is 1.17 bits per heavy atom. The van der Waals surface area contributed by atoms with Crippen molar-refractivity contribution < 1.29 is 22.7 Å². The van der Waals surface area contributed by atoms with E-state index in [0.29, 0.717) is 49.4 Å². The molecule has 1 aliphatic heterocycles. The van der Waals surface area contributed by atoms with Crippen LogP contribution in [-0.4, -0.2) is 48.4 Å². The first-order valence-electron chi connectivity index (χ1n) is 12.1. The van der Waals surface area contributed by atoms with E-state index in [0.717, 1.165) is 6.42 Å². The molecule has 10 heteroatoms. The summed E-state index contributed by atoms with van der Waals surface area (Å²) in [6.07, 6.45) is 1.69. The lowest BCUT2D eigenvalue weighted by Crippen LogP contribution is -2.40. The molecule has 0 saturated carbocycles. The van der Waals surface area contributed by atoms with E-state index in [2.05, 4.69) is 10.4 Å². The molecule has 9 nitrogen and oxygen atoms in total. The zero-order valence-corrected chi connectivity index (χ0v) is 22.2. The van der Waals surface area contributed by atoms with Gasteiger partial charge in [0.05, 0.1) is 22.8 Å². The van der Waals surface area contributed by atoms with E-state index >= 15 is 0 Å². The molecule has 0 spiro atoms. The Labute approximate surface area is 207 Å². The van der Waals surface area contributed by atoms with E-state index in [-0.39, 0.29) is 21.7 Å². The first kappa shape index (κ1) is 26.7. The van der Waals surface area contributed by atoms with Gasteiger partial charge in [-0.1, -0.05) is 13.8 Å². The lowest BCUT2D eigenvalue weighted by molar-refractivity contribution is -0.117. The number of aryl methyl sites for hydroxylation is 1. The van der Waals surface area contributed by atoms with Crippen molar-refractivity contribution in [2.75, 3.05) is 11.4 Å². The topological polar surface area (TPSA) is 111 Å². The van der Waals surface area contributed by atoms with E-state index in [1.165, 1.54) is 0 Å². The van der Waals surface area contributed by atoms with Crippen LogP contribution in [0.4, 0.5) is 10.5 Å².